The molecule has 0 heterocycles. The fourth-order valence-electron chi connectivity index (χ4n) is 2.55. The maximum Gasteiger partial charge on any atom is 0.265 e. The van der Waals surface area contributed by atoms with Gasteiger partial charge in [0.25, 0.3) is 5.91 Å². The van der Waals surface area contributed by atoms with E-state index in [0.717, 1.165) is 16.5 Å². The van der Waals surface area contributed by atoms with Crippen LogP contribution in [0, 0.1) is 5.82 Å². The Morgan fingerprint density at radius 1 is 1.04 bits per heavy atom. The number of carbonyl (C=O) groups is 1. The summed E-state index contributed by atoms with van der Waals surface area (Å²) in [6.07, 6.45) is -0.136. The van der Waals surface area contributed by atoms with Crippen molar-refractivity contribution in [1.82, 2.24) is 0 Å². The summed E-state index contributed by atoms with van der Waals surface area (Å²) >= 11 is 0. The molecule has 1 N–H and O–H groups in total. The summed E-state index contributed by atoms with van der Waals surface area (Å²) in [4.78, 5) is 12.5. The zero-order valence-corrected chi connectivity index (χ0v) is 13.3. The van der Waals surface area contributed by atoms with E-state index in [9.17, 15) is 9.18 Å². The van der Waals surface area contributed by atoms with Crippen molar-refractivity contribution in [2.45, 2.75) is 19.4 Å². The van der Waals surface area contributed by atoms with Crippen molar-refractivity contribution in [2.24, 2.45) is 0 Å². The third-order valence-corrected chi connectivity index (χ3v) is 3.80. The van der Waals surface area contributed by atoms with Crippen LogP contribution in [0.4, 0.5) is 10.1 Å². The number of fused-ring (bicyclic) bond motifs is 1. The summed E-state index contributed by atoms with van der Waals surface area (Å²) in [6, 6.07) is 19.3. The Balaban J connectivity index is 1.77. The van der Waals surface area contributed by atoms with Crippen LogP contribution in [-0.4, -0.2) is 12.0 Å². The van der Waals surface area contributed by atoms with Gasteiger partial charge in [0.1, 0.15) is 11.6 Å². The number of benzene rings is 3. The third kappa shape index (κ3) is 3.54. The lowest BCUT2D eigenvalue weighted by atomic mass is 10.1. The van der Waals surface area contributed by atoms with Crippen LogP contribution in [0.15, 0.2) is 66.7 Å². The number of halogens is 1. The van der Waals surface area contributed by atoms with Gasteiger partial charge in [0.15, 0.2) is 6.10 Å². The third-order valence-electron chi connectivity index (χ3n) is 3.80. The van der Waals surface area contributed by atoms with Crippen molar-refractivity contribution in [3.63, 3.8) is 0 Å². The Bertz CT molecular complexity index is 840. The zero-order chi connectivity index (χ0) is 16.9. The molecule has 122 valence electrons. The first-order chi connectivity index (χ1) is 11.7. The largest absolute Gasteiger partial charge is 0.481 e. The molecule has 3 rings (SSSR count). The second kappa shape index (κ2) is 7.13. The molecule has 3 aromatic carbocycles. The Labute approximate surface area is 140 Å². The van der Waals surface area contributed by atoms with Crippen LogP contribution >= 0.6 is 0 Å². The minimum absolute atomic E-state index is 0.224. The van der Waals surface area contributed by atoms with Gasteiger partial charge in [-0.15, -0.1) is 0 Å². The first-order valence-electron chi connectivity index (χ1n) is 7.88. The first-order valence-corrected chi connectivity index (χ1v) is 7.88. The molecular weight excluding hydrogens is 305 g/mol. The van der Waals surface area contributed by atoms with Gasteiger partial charge in [0.2, 0.25) is 0 Å². The number of nitrogens with one attached hydrogen (secondary N) is 1. The second-order valence-corrected chi connectivity index (χ2v) is 5.48. The highest BCUT2D eigenvalue weighted by molar-refractivity contribution is 6.03. The average Bonchev–Trinajstić information content (AvgIpc) is 2.61. The summed E-state index contributed by atoms with van der Waals surface area (Å²) in [6.45, 7) is 1.87. The van der Waals surface area contributed by atoms with Crippen molar-refractivity contribution in [3.05, 3.63) is 72.5 Å². The lowest BCUT2D eigenvalue weighted by Gasteiger charge is -2.18. The zero-order valence-electron chi connectivity index (χ0n) is 13.3. The fraction of sp³-hybridized carbons (Fsp3) is 0.150. The number of carbonyl (C=O) groups excluding carboxylic acids is 1. The molecule has 0 aromatic heterocycles. The highest BCUT2D eigenvalue weighted by atomic mass is 19.1. The van der Waals surface area contributed by atoms with Crippen LogP contribution < -0.4 is 10.1 Å². The molecule has 0 aliphatic carbocycles. The van der Waals surface area contributed by atoms with Crippen molar-refractivity contribution < 1.29 is 13.9 Å². The maximum absolute atomic E-state index is 13.0. The van der Waals surface area contributed by atoms with E-state index in [2.05, 4.69) is 5.32 Å². The van der Waals surface area contributed by atoms with Gasteiger partial charge in [-0.3, -0.25) is 4.79 Å². The standard InChI is InChI=1S/C20H18FNO2/c1-2-19(24-16-12-10-15(21)11-13-16)20(23)22-18-9-5-7-14-6-3-4-8-17(14)18/h3-13,19H,2H2,1H3,(H,22,23)/t19-/m0/s1. The van der Waals surface area contributed by atoms with Crippen molar-refractivity contribution in [3.8, 4) is 5.75 Å². The molecule has 0 saturated carbocycles. The first kappa shape index (κ1) is 16.0. The summed E-state index contributed by atoms with van der Waals surface area (Å²) in [5.41, 5.74) is 0.749. The minimum Gasteiger partial charge on any atom is -0.481 e. The van der Waals surface area contributed by atoms with Gasteiger partial charge in [0.05, 0.1) is 0 Å². The monoisotopic (exact) mass is 323 g/mol. The van der Waals surface area contributed by atoms with E-state index < -0.39 is 6.10 Å². The molecule has 1 atom stereocenters. The average molecular weight is 323 g/mol. The van der Waals surface area contributed by atoms with E-state index in [1.54, 1.807) is 0 Å². The number of hydrogen-bond donors (Lipinski definition) is 1. The molecule has 0 unspecified atom stereocenters. The number of anilines is 1. The Morgan fingerprint density at radius 2 is 1.75 bits per heavy atom. The van der Waals surface area contributed by atoms with Crippen molar-refractivity contribution in [2.75, 3.05) is 5.32 Å². The summed E-state index contributed by atoms with van der Waals surface area (Å²) in [5.74, 6) is -0.0925. The molecule has 3 aromatic rings. The van der Waals surface area contributed by atoms with Gasteiger partial charge in [-0.2, -0.15) is 0 Å². The molecule has 0 aliphatic rings. The molecule has 0 aliphatic heterocycles. The quantitative estimate of drug-likeness (QED) is 0.734. The van der Waals surface area contributed by atoms with E-state index in [1.807, 2.05) is 49.4 Å². The van der Waals surface area contributed by atoms with Crippen LogP contribution in [0.3, 0.4) is 0 Å². The Morgan fingerprint density at radius 3 is 2.50 bits per heavy atom. The molecule has 0 bridgehead atoms. The highest BCUT2D eigenvalue weighted by Gasteiger charge is 2.19. The van der Waals surface area contributed by atoms with Crippen LogP contribution in [-0.2, 0) is 4.79 Å². The molecule has 0 fully saturated rings. The predicted molar refractivity (Wildman–Crippen MR) is 93.7 cm³/mol. The van der Waals surface area contributed by atoms with Crippen LogP contribution in [0.1, 0.15) is 13.3 Å². The number of amides is 1. The van der Waals surface area contributed by atoms with Crippen molar-refractivity contribution in [1.29, 1.82) is 0 Å². The molecule has 3 nitrogen and oxygen atoms in total. The SMILES string of the molecule is CC[C@H](Oc1ccc(F)cc1)C(=O)Nc1cccc2ccccc12. The van der Waals surface area contributed by atoms with Crippen LogP contribution in [0.25, 0.3) is 10.8 Å². The molecule has 0 radical (unpaired) electrons. The Kier molecular flexibility index (Phi) is 4.75. The van der Waals surface area contributed by atoms with Gasteiger partial charge < -0.3 is 10.1 Å². The summed E-state index contributed by atoms with van der Waals surface area (Å²) < 4.78 is 18.7. The maximum atomic E-state index is 13.0. The molecule has 0 saturated heterocycles. The van der Waals surface area contributed by atoms with E-state index in [4.69, 9.17) is 4.74 Å². The van der Waals surface area contributed by atoms with Gasteiger partial charge in [-0.1, -0.05) is 43.3 Å². The van der Waals surface area contributed by atoms with E-state index in [1.165, 1.54) is 24.3 Å². The predicted octanol–water partition coefficient (Wildman–Crippen LogP) is 4.78. The van der Waals surface area contributed by atoms with E-state index in [0.29, 0.717) is 12.2 Å². The van der Waals surface area contributed by atoms with Crippen molar-refractivity contribution >= 4 is 22.4 Å². The number of rotatable bonds is 5. The topological polar surface area (TPSA) is 38.3 Å². The fourth-order valence-corrected chi connectivity index (χ4v) is 2.55. The minimum atomic E-state index is -0.644. The van der Waals surface area contributed by atoms with Crippen LogP contribution in [0.2, 0.25) is 0 Å². The summed E-state index contributed by atoms with van der Waals surface area (Å²) in [5, 5.41) is 4.96. The smallest absolute Gasteiger partial charge is 0.265 e. The number of hydrogen-bond acceptors (Lipinski definition) is 2. The molecule has 24 heavy (non-hydrogen) atoms. The van der Waals surface area contributed by atoms with Gasteiger partial charge in [0, 0.05) is 11.1 Å². The number of ether oxygens (including phenoxy) is 1. The molecule has 4 heteroatoms. The van der Waals surface area contributed by atoms with Gasteiger partial charge in [-0.05, 0) is 42.1 Å². The van der Waals surface area contributed by atoms with E-state index in [-0.39, 0.29) is 11.7 Å². The van der Waals surface area contributed by atoms with Gasteiger partial charge in [-0.25, -0.2) is 4.39 Å². The normalized spacial score (nSPS) is 11.9. The molecule has 1 amide bonds. The summed E-state index contributed by atoms with van der Waals surface area (Å²) in [7, 11) is 0. The van der Waals surface area contributed by atoms with E-state index >= 15 is 0 Å². The lowest BCUT2D eigenvalue weighted by Crippen LogP contribution is -2.32. The highest BCUT2D eigenvalue weighted by Crippen LogP contribution is 2.23. The van der Waals surface area contributed by atoms with Crippen LogP contribution in [0.5, 0.6) is 5.75 Å². The second-order valence-electron chi connectivity index (χ2n) is 5.48. The van der Waals surface area contributed by atoms with Gasteiger partial charge >= 0.3 is 0 Å². The molecular formula is C20H18FNO2. The Hall–Kier alpha value is -2.88. The lowest BCUT2D eigenvalue weighted by molar-refractivity contribution is -0.122. The molecule has 0 spiro atoms.